The van der Waals surface area contributed by atoms with Crippen molar-refractivity contribution >= 4 is 17.6 Å². The molecule has 3 aromatic rings. The summed E-state index contributed by atoms with van der Waals surface area (Å²) in [6, 6.07) is 16.0. The van der Waals surface area contributed by atoms with E-state index in [1.54, 1.807) is 30.3 Å². The molecular formula is C21H18FNO4. The molecule has 1 heterocycles. The number of benzene rings is 2. The molecule has 138 valence electrons. The first-order chi connectivity index (χ1) is 12.9. The summed E-state index contributed by atoms with van der Waals surface area (Å²) in [5, 5.41) is 2.72. The minimum atomic E-state index is -1.00. The van der Waals surface area contributed by atoms with Crippen LogP contribution in [0.5, 0.6) is 0 Å². The second-order valence-electron chi connectivity index (χ2n) is 6.02. The summed E-state index contributed by atoms with van der Waals surface area (Å²) < 4.78 is 23.6. The molecule has 1 atom stereocenters. The number of carbonyl (C=O) groups is 2. The highest BCUT2D eigenvalue weighted by molar-refractivity contribution is 5.97. The Morgan fingerprint density at radius 3 is 2.44 bits per heavy atom. The molecule has 1 N–H and O–H groups in total. The molecule has 1 aromatic heterocycles. The lowest BCUT2D eigenvalue weighted by atomic mass is 10.2. The fourth-order valence-electron chi connectivity index (χ4n) is 2.44. The van der Waals surface area contributed by atoms with Crippen LogP contribution in [0, 0.1) is 12.7 Å². The number of furan rings is 1. The Bertz CT molecular complexity index is 962. The highest BCUT2D eigenvalue weighted by Crippen LogP contribution is 2.23. The molecule has 0 radical (unpaired) electrons. The molecule has 6 heteroatoms. The summed E-state index contributed by atoms with van der Waals surface area (Å²) in [5.41, 5.74) is 2.18. The van der Waals surface area contributed by atoms with Gasteiger partial charge in [0.1, 0.15) is 11.6 Å². The predicted molar refractivity (Wildman–Crippen MR) is 98.8 cm³/mol. The van der Waals surface area contributed by atoms with Gasteiger partial charge in [0.25, 0.3) is 5.91 Å². The summed E-state index contributed by atoms with van der Waals surface area (Å²) in [6.45, 7) is 3.35. The van der Waals surface area contributed by atoms with Crippen LogP contribution in [0.15, 0.2) is 65.1 Å². The molecule has 0 saturated carbocycles. The van der Waals surface area contributed by atoms with E-state index in [1.165, 1.54) is 25.1 Å². The van der Waals surface area contributed by atoms with Crippen molar-refractivity contribution in [3.8, 4) is 11.3 Å². The van der Waals surface area contributed by atoms with Gasteiger partial charge in [-0.05, 0) is 61.9 Å². The van der Waals surface area contributed by atoms with Crippen LogP contribution in [0.3, 0.4) is 0 Å². The number of hydrogen-bond acceptors (Lipinski definition) is 4. The molecule has 5 nitrogen and oxygen atoms in total. The van der Waals surface area contributed by atoms with Gasteiger partial charge in [0, 0.05) is 11.3 Å². The third-order valence-electron chi connectivity index (χ3n) is 3.99. The molecule has 27 heavy (non-hydrogen) atoms. The number of esters is 1. The Kier molecular flexibility index (Phi) is 5.35. The minimum Gasteiger partial charge on any atom is -0.449 e. The number of nitrogens with one attached hydrogen (secondary N) is 1. The summed E-state index contributed by atoms with van der Waals surface area (Å²) >= 11 is 0. The van der Waals surface area contributed by atoms with Crippen LogP contribution in [-0.4, -0.2) is 18.0 Å². The molecule has 0 spiro atoms. The van der Waals surface area contributed by atoms with E-state index in [4.69, 9.17) is 9.15 Å². The first-order valence-corrected chi connectivity index (χ1v) is 8.37. The van der Waals surface area contributed by atoms with E-state index in [1.807, 2.05) is 19.1 Å². The van der Waals surface area contributed by atoms with Crippen LogP contribution in [0.25, 0.3) is 11.3 Å². The van der Waals surface area contributed by atoms with Crippen LogP contribution in [-0.2, 0) is 9.53 Å². The fourth-order valence-corrected chi connectivity index (χ4v) is 2.44. The second kappa shape index (κ2) is 7.86. The van der Waals surface area contributed by atoms with E-state index in [-0.39, 0.29) is 11.6 Å². The van der Waals surface area contributed by atoms with Crippen molar-refractivity contribution in [1.82, 2.24) is 0 Å². The zero-order valence-corrected chi connectivity index (χ0v) is 14.9. The highest BCUT2D eigenvalue weighted by Gasteiger charge is 2.22. The molecule has 0 fully saturated rings. The Labute approximate surface area is 155 Å². The van der Waals surface area contributed by atoms with Gasteiger partial charge in [0.05, 0.1) is 0 Å². The SMILES string of the molecule is Cc1ccccc1NC(=O)C(C)OC(=O)c1ccc(-c2ccc(F)cc2)o1. The Morgan fingerprint density at radius 1 is 1.04 bits per heavy atom. The number of carbonyl (C=O) groups excluding carboxylic acids is 2. The van der Waals surface area contributed by atoms with E-state index in [0.29, 0.717) is 17.0 Å². The van der Waals surface area contributed by atoms with Gasteiger partial charge in [-0.3, -0.25) is 4.79 Å². The first kappa shape index (κ1) is 18.4. The third kappa shape index (κ3) is 4.41. The smallest absolute Gasteiger partial charge is 0.375 e. The maximum atomic E-state index is 13.0. The maximum absolute atomic E-state index is 13.0. The number of anilines is 1. The summed E-state index contributed by atoms with van der Waals surface area (Å²) in [5.74, 6) is -1.19. The van der Waals surface area contributed by atoms with Crippen LogP contribution in [0.4, 0.5) is 10.1 Å². The number of aryl methyl sites for hydroxylation is 1. The van der Waals surface area contributed by atoms with E-state index in [9.17, 15) is 14.0 Å². The molecule has 1 unspecified atom stereocenters. The van der Waals surface area contributed by atoms with Crippen molar-refractivity contribution in [2.75, 3.05) is 5.32 Å². The molecule has 0 aliphatic carbocycles. The lowest BCUT2D eigenvalue weighted by Crippen LogP contribution is -2.30. The number of amides is 1. The van der Waals surface area contributed by atoms with Gasteiger partial charge < -0.3 is 14.5 Å². The topological polar surface area (TPSA) is 68.5 Å². The summed E-state index contributed by atoms with van der Waals surface area (Å²) in [6.07, 6.45) is -1.00. The zero-order chi connectivity index (χ0) is 19.4. The predicted octanol–water partition coefficient (Wildman–Crippen LogP) is 4.58. The molecular weight excluding hydrogens is 349 g/mol. The van der Waals surface area contributed by atoms with E-state index >= 15 is 0 Å². The maximum Gasteiger partial charge on any atom is 0.375 e. The second-order valence-corrected chi connectivity index (χ2v) is 6.02. The van der Waals surface area contributed by atoms with Crippen molar-refractivity contribution < 1.29 is 23.1 Å². The molecule has 0 aliphatic heterocycles. The van der Waals surface area contributed by atoms with E-state index < -0.39 is 18.0 Å². The molecule has 2 aromatic carbocycles. The first-order valence-electron chi connectivity index (χ1n) is 8.37. The fraction of sp³-hybridized carbons (Fsp3) is 0.143. The van der Waals surface area contributed by atoms with Crippen LogP contribution in [0.2, 0.25) is 0 Å². The standard InChI is InChI=1S/C21H18FNO4/c1-13-5-3-4-6-17(13)23-20(24)14(2)26-21(25)19-12-11-18(27-19)15-7-9-16(22)10-8-15/h3-12,14H,1-2H3,(H,23,24). The number of halogens is 1. The quantitative estimate of drug-likeness (QED) is 0.670. The third-order valence-corrected chi connectivity index (χ3v) is 3.99. The largest absolute Gasteiger partial charge is 0.449 e. The summed E-state index contributed by atoms with van der Waals surface area (Å²) in [7, 11) is 0. The number of rotatable bonds is 5. The van der Waals surface area contributed by atoms with Crippen molar-refractivity contribution in [3.63, 3.8) is 0 Å². The lowest BCUT2D eigenvalue weighted by molar-refractivity contribution is -0.123. The van der Waals surface area contributed by atoms with E-state index in [0.717, 1.165) is 5.56 Å². The van der Waals surface area contributed by atoms with Crippen molar-refractivity contribution in [1.29, 1.82) is 0 Å². The highest BCUT2D eigenvalue weighted by atomic mass is 19.1. The molecule has 0 bridgehead atoms. The van der Waals surface area contributed by atoms with Gasteiger partial charge in [-0.2, -0.15) is 0 Å². The average molecular weight is 367 g/mol. The minimum absolute atomic E-state index is 0.0372. The molecule has 0 saturated heterocycles. The zero-order valence-electron chi connectivity index (χ0n) is 14.9. The monoisotopic (exact) mass is 367 g/mol. The Morgan fingerprint density at radius 2 is 1.74 bits per heavy atom. The van der Waals surface area contributed by atoms with Gasteiger partial charge in [0.2, 0.25) is 5.76 Å². The normalized spacial score (nSPS) is 11.7. The van der Waals surface area contributed by atoms with Gasteiger partial charge >= 0.3 is 5.97 Å². The Hall–Kier alpha value is -3.41. The van der Waals surface area contributed by atoms with Gasteiger partial charge in [-0.25, -0.2) is 9.18 Å². The number of para-hydroxylation sites is 1. The van der Waals surface area contributed by atoms with Crippen LogP contribution >= 0.6 is 0 Å². The van der Waals surface area contributed by atoms with Gasteiger partial charge in [-0.1, -0.05) is 18.2 Å². The van der Waals surface area contributed by atoms with Crippen molar-refractivity contribution in [2.24, 2.45) is 0 Å². The van der Waals surface area contributed by atoms with Crippen molar-refractivity contribution in [2.45, 2.75) is 20.0 Å². The lowest BCUT2D eigenvalue weighted by Gasteiger charge is -2.14. The number of hydrogen-bond donors (Lipinski definition) is 1. The van der Waals surface area contributed by atoms with E-state index in [2.05, 4.69) is 5.32 Å². The van der Waals surface area contributed by atoms with Gasteiger partial charge in [0.15, 0.2) is 6.10 Å². The molecule has 3 rings (SSSR count). The van der Waals surface area contributed by atoms with Crippen LogP contribution < -0.4 is 5.32 Å². The summed E-state index contributed by atoms with van der Waals surface area (Å²) in [4.78, 5) is 24.5. The van der Waals surface area contributed by atoms with Crippen LogP contribution in [0.1, 0.15) is 23.0 Å². The molecule has 0 aliphatic rings. The number of ether oxygens (including phenoxy) is 1. The average Bonchev–Trinajstić information content (AvgIpc) is 3.14. The van der Waals surface area contributed by atoms with Gasteiger partial charge in [-0.15, -0.1) is 0 Å². The molecule has 1 amide bonds. The van der Waals surface area contributed by atoms with Crippen molar-refractivity contribution in [3.05, 3.63) is 77.8 Å². The Balaban J connectivity index is 1.64.